The van der Waals surface area contributed by atoms with Crippen molar-refractivity contribution in [3.63, 3.8) is 0 Å². The number of primary amides is 1. The van der Waals surface area contributed by atoms with Crippen LogP contribution in [0.15, 0.2) is 55.0 Å². The normalized spacial score (nSPS) is 10.7. The lowest BCUT2D eigenvalue weighted by Crippen LogP contribution is -2.13. The molecule has 0 bridgehead atoms. The minimum absolute atomic E-state index is 0.390. The lowest BCUT2D eigenvalue weighted by atomic mass is 10.0. The molecular formula is C15H13N3O. The molecule has 0 fully saturated rings. The van der Waals surface area contributed by atoms with Gasteiger partial charge in [0.1, 0.15) is 5.65 Å². The van der Waals surface area contributed by atoms with E-state index in [9.17, 15) is 4.79 Å². The van der Waals surface area contributed by atoms with E-state index in [2.05, 4.69) is 4.98 Å². The number of fused-ring (bicyclic) bond motifs is 1. The Hall–Kier alpha value is -2.62. The third-order valence-electron chi connectivity index (χ3n) is 3.13. The third kappa shape index (κ3) is 2.20. The van der Waals surface area contributed by atoms with Crippen molar-refractivity contribution < 1.29 is 4.79 Å². The van der Waals surface area contributed by atoms with Crippen molar-refractivity contribution in [3.05, 3.63) is 71.7 Å². The minimum Gasteiger partial charge on any atom is -0.366 e. The number of benzene rings is 1. The molecule has 4 nitrogen and oxygen atoms in total. The molecule has 4 heteroatoms. The molecule has 19 heavy (non-hydrogen) atoms. The van der Waals surface area contributed by atoms with E-state index in [1.165, 1.54) is 0 Å². The zero-order valence-corrected chi connectivity index (χ0v) is 10.3. The van der Waals surface area contributed by atoms with Gasteiger partial charge in [-0.1, -0.05) is 24.3 Å². The number of nitrogens with zero attached hydrogens (tertiary/aromatic N) is 2. The molecule has 2 N–H and O–H groups in total. The molecule has 0 aliphatic heterocycles. The highest BCUT2D eigenvalue weighted by Gasteiger charge is 2.08. The summed E-state index contributed by atoms with van der Waals surface area (Å²) in [6, 6.07) is 11.4. The first-order chi connectivity index (χ1) is 9.24. The molecule has 2 aromatic heterocycles. The van der Waals surface area contributed by atoms with Gasteiger partial charge in [0.25, 0.3) is 0 Å². The maximum absolute atomic E-state index is 11.4. The van der Waals surface area contributed by atoms with Crippen LogP contribution in [0.2, 0.25) is 0 Å². The Morgan fingerprint density at radius 3 is 2.89 bits per heavy atom. The zero-order chi connectivity index (χ0) is 13.2. The van der Waals surface area contributed by atoms with Gasteiger partial charge in [0.15, 0.2) is 0 Å². The molecule has 0 unspecified atom stereocenters. The van der Waals surface area contributed by atoms with E-state index >= 15 is 0 Å². The van der Waals surface area contributed by atoms with Crippen LogP contribution in [-0.2, 0) is 6.42 Å². The number of aromatic nitrogens is 2. The number of carbonyl (C=O) groups excluding carboxylic acids is 1. The van der Waals surface area contributed by atoms with Crippen molar-refractivity contribution in [3.8, 4) is 0 Å². The second-order valence-electron chi connectivity index (χ2n) is 4.43. The van der Waals surface area contributed by atoms with Crippen LogP contribution in [0.25, 0.3) is 5.65 Å². The van der Waals surface area contributed by atoms with Gasteiger partial charge in [0.2, 0.25) is 5.91 Å². The van der Waals surface area contributed by atoms with Gasteiger partial charge in [-0.15, -0.1) is 0 Å². The van der Waals surface area contributed by atoms with Gasteiger partial charge in [-0.3, -0.25) is 4.79 Å². The van der Waals surface area contributed by atoms with Crippen LogP contribution in [0.4, 0.5) is 0 Å². The first-order valence-corrected chi connectivity index (χ1v) is 6.03. The third-order valence-corrected chi connectivity index (χ3v) is 3.13. The molecule has 3 aromatic rings. The maximum atomic E-state index is 11.4. The molecular weight excluding hydrogens is 238 g/mol. The monoisotopic (exact) mass is 251 g/mol. The van der Waals surface area contributed by atoms with E-state index in [4.69, 9.17) is 5.73 Å². The number of imidazole rings is 1. The fourth-order valence-corrected chi connectivity index (χ4v) is 2.21. The summed E-state index contributed by atoms with van der Waals surface area (Å²) < 4.78 is 1.96. The summed E-state index contributed by atoms with van der Waals surface area (Å²) in [5, 5.41) is 0. The lowest BCUT2D eigenvalue weighted by molar-refractivity contribution is 0.0999. The number of nitrogens with two attached hydrogens (primary N) is 1. The summed E-state index contributed by atoms with van der Waals surface area (Å²) in [7, 11) is 0. The van der Waals surface area contributed by atoms with Crippen molar-refractivity contribution in [2.45, 2.75) is 6.42 Å². The number of amides is 1. The van der Waals surface area contributed by atoms with Crippen LogP contribution in [0, 0.1) is 0 Å². The molecule has 0 aliphatic rings. The number of hydrogen-bond acceptors (Lipinski definition) is 2. The average Bonchev–Trinajstić information content (AvgIpc) is 2.86. The van der Waals surface area contributed by atoms with E-state index in [1.54, 1.807) is 12.3 Å². The summed E-state index contributed by atoms with van der Waals surface area (Å²) >= 11 is 0. The van der Waals surface area contributed by atoms with Gasteiger partial charge >= 0.3 is 0 Å². The van der Waals surface area contributed by atoms with Crippen LogP contribution >= 0.6 is 0 Å². The van der Waals surface area contributed by atoms with Crippen molar-refractivity contribution >= 4 is 11.6 Å². The van der Waals surface area contributed by atoms with Crippen molar-refractivity contribution in [2.75, 3.05) is 0 Å². The van der Waals surface area contributed by atoms with Gasteiger partial charge in [-0.05, 0) is 29.7 Å². The Labute approximate surface area is 110 Å². The Kier molecular flexibility index (Phi) is 2.76. The van der Waals surface area contributed by atoms with Gasteiger partial charge < -0.3 is 10.1 Å². The van der Waals surface area contributed by atoms with Gasteiger partial charge in [0.05, 0.1) is 0 Å². The molecule has 0 saturated heterocycles. The van der Waals surface area contributed by atoms with E-state index in [0.29, 0.717) is 12.0 Å². The predicted octanol–water partition coefficient (Wildman–Crippen LogP) is 2.02. The summed E-state index contributed by atoms with van der Waals surface area (Å²) in [6.45, 7) is 0. The molecule has 94 valence electrons. The summed E-state index contributed by atoms with van der Waals surface area (Å²) in [5.41, 5.74) is 8.92. The first-order valence-electron chi connectivity index (χ1n) is 6.03. The highest BCUT2D eigenvalue weighted by Crippen LogP contribution is 2.15. The van der Waals surface area contributed by atoms with E-state index in [-0.39, 0.29) is 5.91 Å². The molecule has 3 rings (SSSR count). The van der Waals surface area contributed by atoms with Crippen molar-refractivity contribution in [2.24, 2.45) is 5.73 Å². The lowest BCUT2D eigenvalue weighted by Gasteiger charge is -2.07. The first kappa shape index (κ1) is 11.5. The van der Waals surface area contributed by atoms with E-state index in [1.807, 2.05) is 47.1 Å². The molecule has 1 aromatic carbocycles. The fourth-order valence-electron chi connectivity index (χ4n) is 2.21. The Balaban J connectivity index is 1.98. The summed E-state index contributed by atoms with van der Waals surface area (Å²) in [5.74, 6) is -0.390. The van der Waals surface area contributed by atoms with Crippen molar-refractivity contribution in [1.29, 1.82) is 0 Å². The van der Waals surface area contributed by atoms with Crippen LogP contribution in [0.1, 0.15) is 21.5 Å². The number of carbonyl (C=O) groups is 1. The highest BCUT2D eigenvalue weighted by molar-refractivity contribution is 5.94. The Morgan fingerprint density at radius 2 is 2.05 bits per heavy atom. The summed E-state index contributed by atoms with van der Waals surface area (Å²) in [4.78, 5) is 15.6. The van der Waals surface area contributed by atoms with Crippen LogP contribution < -0.4 is 5.73 Å². The fraction of sp³-hybridized carbons (Fsp3) is 0.0667. The number of hydrogen-bond donors (Lipinski definition) is 1. The van der Waals surface area contributed by atoms with Gasteiger partial charge in [0, 0.05) is 24.2 Å². The number of rotatable bonds is 3. The topological polar surface area (TPSA) is 60.4 Å². The van der Waals surface area contributed by atoms with Crippen LogP contribution in [-0.4, -0.2) is 15.3 Å². The maximum Gasteiger partial charge on any atom is 0.248 e. The Morgan fingerprint density at radius 1 is 1.21 bits per heavy atom. The Bertz CT molecular complexity index is 746. The van der Waals surface area contributed by atoms with Crippen molar-refractivity contribution in [1.82, 2.24) is 9.38 Å². The van der Waals surface area contributed by atoms with Gasteiger partial charge in [-0.2, -0.15) is 0 Å². The minimum atomic E-state index is -0.390. The molecule has 2 heterocycles. The molecule has 0 saturated carbocycles. The largest absolute Gasteiger partial charge is 0.366 e. The predicted molar refractivity (Wildman–Crippen MR) is 73.0 cm³/mol. The van der Waals surface area contributed by atoms with Gasteiger partial charge in [-0.25, -0.2) is 4.98 Å². The zero-order valence-electron chi connectivity index (χ0n) is 10.3. The smallest absolute Gasteiger partial charge is 0.248 e. The second kappa shape index (κ2) is 4.57. The molecule has 0 spiro atoms. The summed E-state index contributed by atoms with van der Waals surface area (Å²) in [6.07, 6.45) is 6.35. The van der Waals surface area contributed by atoms with Crippen LogP contribution in [0.5, 0.6) is 0 Å². The molecule has 0 radical (unpaired) electrons. The van der Waals surface area contributed by atoms with Crippen LogP contribution in [0.3, 0.4) is 0 Å². The number of pyridine rings is 1. The van der Waals surface area contributed by atoms with E-state index in [0.717, 1.165) is 16.8 Å². The molecule has 1 amide bonds. The molecule has 0 atom stereocenters. The average molecular weight is 251 g/mol. The quantitative estimate of drug-likeness (QED) is 0.774. The highest BCUT2D eigenvalue weighted by atomic mass is 16.1. The molecule has 0 aliphatic carbocycles. The standard InChI is InChI=1S/C15H13N3O/c16-15(19)13-4-2-1-3-12(13)9-11-5-6-14-17-7-8-18(14)10-11/h1-8,10H,9H2,(H2,16,19). The SMILES string of the molecule is NC(=O)c1ccccc1Cc1ccc2nccn2c1. The second-order valence-corrected chi connectivity index (χ2v) is 4.43. The van der Waals surface area contributed by atoms with E-state index < -0.39 is 0 Å².